The lowest BCUT2D eigenvalue weighted by Gasteiger charge is -2.09. The van der Waals surface area contributed by atoms with Crippen molar-refractivity contribution in [1.82, 2.24) is 0 Å². The molecule has 2 aromatic rings. The summed E-state index contributed by atoms with van der Waals surface area (Å²) in [6, 6.07) is 18.5. The molecule has 5 heteroatoms. The average Bonchev–Trinajstić information content (AvgIpc) is 3.07. The van der Waals surface area contributed by atoms with Crippen LogP contribution in [0.3, 0.4) is 0 Å². The third-order valence-corrected chi connectivity index (χ3v) is 5.90. The Balaban J connectivity index is 1.47. The van der Waals surface area contributed by atoms with Gasteiger partial charge in [-0.15, -0.1) is 0 Å². The van der Waals surface area contributed by atoms with Crippen LogP contribution in [0.25, 0.3) is 0 Å². The van der Waals surface area contributed by atoms with Crippen molar-refractivity contribution in [2.75, 3.05) is 19.0 Å². The number of hydrogen-bond acceptors (Lipinski definition) is 4. The van der Waals surface area contributed by atoms with E-state index in [2.05, 4.69) is 0 Å². The molecule has 0 saturated carbocycles. The first-order valence-electron chi connectivity index (χ1n) is 8.32. The van der Waals surface area contributed by atoms with Gasteiger partial charge >= 0.3 is 0 Å². The number of hydrogen-bond donors (Lipinski definition) is 0. The molecule has 1 fully saturated rings. The monoisotopic (exact) mass is 358 g/mol. The molecule has 132 valence electrons. The van der Waals surface area contributed by atoms with Crippen molar-refractivity contribution in [1.29, 1.82) is 0 Å². The highest BCUT2D eigenvalue weighted by molar-refractivity contribution is 7.91. The zero-order chi connectivity index (χ0) is 17.5. The number of ether oxygens (including phenoxy) is 2. The van der Waals surface area contributed by atoms with Gasteiger partial charge in [-0.1, -0.05) is 54.6 Å². The Morgan fingerprint density at radius 1 is 1.04 bits per heavy atom. The fraction of sp³-hybridized carbons (Fsp3) is 0.300. The zero-order valence-corrected chi connectivity index (χ0v) is 14.8. The van der Waals surface area contributed by atoms with Crippen molar-refractivity contribution in [3.8, 4) is 0 Å². The van der Waals surface area contributed by atoms with Crippen LogP contribution in [0.5, 0.6) is 0 Å². The smallest absolute Gasteiger partial charge is 0.180 e. The maximum atomic E-state index is 12.4. The first-order chi connectivity index (χ1) is 12.1. The van der Waals surface area contributed by atoms with Gasteiger partial charge in [0.15, 0.2) is 9.84 Å². The van der Waals surface area contributed by atoms with Crippen LogP contribution in [0, 0.1) is 0 Å². The second-order valence-electron chi connectivity index (χ2n) is 6.09. The number of rotatable bonds is 7. The molecule has 0 N–H and O–H groups in total. The van der Waals surface area contributed by atoms with Crippen molar-refractivity contribution < 1.29 is 17.9 Å². The van der Waals surface area contributed by atoms with Crippen molar-refractivity contribution in [3.63, 3.8) is 0 Å². The van der Waals surface area contributed by atoms with Crippen LogP contribution in [0.4, 0.5) is 0 Å². The van der Waals surface area contributed by atoms with E-state index in [0.717, 1.165) is 11.1 Å². The molecular weight excluding hydrogens is 336 g/mol. The van der Waals surface area contributed by atoms with Crippen LogP contribution < -0.4 is 0 Å². The molecule has 0 bridgehead atoms. The summed E-state index contributed by atoms with van der Waals surface area (Å²) in [4.78, 5) is 0.349. The fourth-order valence-electron chi connectivity index (χ4n) is 2.78. The van der Waals surface area contributed by atoms with Gasteiger partial charge in [-0.25, -0.2) is 8.42 Å². The molecule has 3 rings (SSSR count). The summed E-state index contributed by atoms with van der Waals surface area (Å²) in [6.45, 7) is 1.55. The fourth-order valence-corrected chi connectivity index (χ4v) is 4.25. The predicted molar refractivity (Wildman–Crippen MR) is 97.0 cm³/mol. The molecule has 0 radical (unpaired) electrons. The SMILES string of the molecule is O=S(=O)(CC1C/C(=C/COCc2ccccc2)CO1)c1ccccc1. The maximum Gasteiger partial charge on any atom is 0.180 e. The molecule has 25 heavy (non-hydrogen) atoms. The molecule has 0 spiro atoms. The third-order valence-electron chi connectivity index (χ3n) is 4.10. The van der Waals surface area contributed by atoms with Crippen LogP contribution in [0.1, 0.15) is 12.0 Å². The lowest BCUT2D eigenvalue weighted by molar-refractivity contribution is 0.130. The summed E-state index contributed by atoms with van der Waals surface area (Å²) in [6.07, 6.45) is 2.35. The van der Waals surface area contributed by atoms with Gasteiger partial charge in [0.2, 0.25) is 0 Å². The molecule has 1 aliphatic rings. The predicted octanol–water partition coefficient (Wildman–Crippen LogP) is 3.39. The van der Waals surface area contributed by atoms with Gasteiger partial charge in [-0.05, 0) is 29.7 Å². The Labute approximate surface area is 149 Å². The number of sulfone groups is 1. The summed E-state index contributed by atoms with van der Waals surface area (Å²) in [5, 5.41) is 0. The molecule has 1 saturated heterocycles. The molecule has 0 aromatic heterocycles. The molecule has 4 nitrogen and oxygen atoms in total. The van der Waals surface area contributed by atoms with Crippen molar-refractivity contribution in [2.24, 2.45) is 0 Å². The van der Waals surface area contributed by atoms with Crippen molar-refractivity contribution in [2.45, 2.75) is 24.0 Å². The van der Waals surface area contributed by atoms with E-state index in [4.69, 9.17) is 9.47 Å². The highest BCUT2D eigenvalue weighted by atomic mass is 32.2. The quantitative estimate of drug-likeness (QED) is 0.562. The molecule has 1 aliphatic heterocycles. The van der Waals surface area contributed by atoms with E-state index in [1.165, 1.54) is 0 Å². The van der Waals surface area contributed by atoms with E-state index >= 15 is 0 Å². The summed E-state index contributed by atoms with van der Waals surface area (Å²) >= 11 is 0. The minimum atomic E-state index is -3.31. The van der Waals surface area contributed by atoms with E-state index in [1.54, 1.807) is 30.3 Å². The van der Waals surface area contributed by atoms with Gasteiger partial charge in [0.05, 0.1) is 36.6 Å². The molecular formula is C20H22O4S. The van der Waals surface area contributed by atoms with Gasteiger partial charge in [0, 0.05) is 0 Å². The molecule has 0 amide bonds. The Kier molecular flexibility index (Phi) is 6.02. The molecule has 1 heterocycles. The molecule has 0 aliphatic carbocycles. The molecule has 1 atom stereocenters. The Morgan fingerprint density at radius 3 is 2.44 bits per heavy atom. The Bertz CT molecular complexity index is 798. The Hall–Kier alpha value is -1.95. The minimum absolute atomic E-state index is 0.0131. The first-order valence-corrected chi connectivity index (χ1v) is 9.98. The minimum Gasteiger partial charge on any atom is -0.373 e. The topological polar surface area (TPSA) is 52.6 Å². The first kappa shape index (κ1) is 17.9. The highest BCUT2D eigenvalue weighted by Gasteiger charge is 2.26. The van der Waals surface area contributed by atoms with Gasteiger partial charge in [-0.3, -0.25) is 0 Å². The van der Waals surface area contributed by atoms with Gasteiger partial charge in [0.25, 0.3) is 0 Å². The van der Waals surface area contributed by atoms with Crippen LogP contribution in [-0.2, 0) is 25.9 Å². The lowest BCUT2D eigenvalue weighted by atomic mass is 10.2. The largest absolute Gasteiger partial charge is 0.373 e. The molecule has 1 unspecified atom stereocenters. The average molecular weight is 358 g/mol. The van der Waals surface area contributed by atoms with E-state index < -0.39 is 9.84 Å². The highest BCUT2D eigenvalue weighted by Crippen LogP contribution is 2.22. The second-order valence-corrected chi connectivity index (χ2v) is 8.13. The van der Waals surface area contributed by atoms with Crippen molar-refractivity contribution in [3.05, 3.63) is 77.9 Å². The summed E-state index contributed by atoms with van der Waals surface area (Å²) in [5.41, 5.74) is 2.23. The van der Waals surface area contributed by atoms with E-state index in [-0.39, 0.29) is 11.9 Å². The van der Waals surface area contributed by atoms with E-state index in [9.17, 15) is 8.42 Å². The van der Waals surface area contributed by atoms with Crippen LogP contribution in [0.2, 0.25) is 0 Å². The van der Waals surface area contributed by atoms with E-state index in [0.29, 0.717) is 31.1 Å². The van der Waals surface area contributed by atoms with E-state index in [1.807, 2.05) is 36.4 Å². The zero-order valence-electron chi connectivity index (χ0n) is 14.0. The third kappa shape index (κ3) is 5.26. The normalized spacial score (nSPS) is 19.4. The van der Waals surface area contributed by atoms with Gasteiger partial charge in [-0.2, -0.15) is 0 Å². The summed E-state index contributed by atoms with van der Waals surface area (Å²) < 4.78 is 36.0. The van der Waals surface area contributed by atoms with Gasteiger partial charge in [0.1, 0.15) is 0 Å². The van der Waals surface area contributed by atoms with Crippen LogP contribution in [0.15, 0.2) is 77.2 Å². The lowest BCUT2D eigenvalue weighted by Crippen LogP contribution is -2.20. The standard InChI is InChI=1S/C20H22O4S/c21-25(22,20-9-5-2-6-10-20)16-19-13-18(15-24-19)11-12-23-14-17-7-3-1-4-8-17/h1-11,19H,12-16H2/b18-11-. The Morgan fingerprint density at radius 2 is 1.72 bits per heavy atom. The van der Waals surface area contributed by atoms with Crippen LogP contribution in [-0.4, -0.2) is 33.5 Å². The second kappa shape index (κ2) is 8.43. The van der Waals surface area contributed by atoms with Crippen LogP contribution >= 0.6 is 0 Å². The summed E-state index contributed by atoms with van der Waals surface area (Å²) in [5.74, 6) is 0.0131. The maximum absolute atomic E-state index is 12.4. The summed E-state index contributed by atoms with van der Waals surface area (Å²) in [7, 11) is -3.31. The van der Waals surface area contributed by atoms with Crippen molar-refractivity contribution >= 4 is 9.84 Å². The number of benzene rings is 2. The molecule has 2 aromatic carbocycles. The van der Waals surface area contributed by atoms with Gasteiger partial charge < -0.3 is 9.47 Å².